The molecule has 148 valence electrons. The van der Waals surface area contributed by atoms with Crippen molar-refractivity contribution in [2.45, 2.75) is 6.42 Å². The van der Waals surface area contributed by atoms with Crippen LogP contribution < -0.4 is 26.1 Å². The molecule has 3 rings (SSSR count). The number of nitrogen functional groups attached to an aromatic ring is 1. The van der Waals surface area contributed by atoms with E-state index in [9.17, 15) is 18.4 Å². The Morgan fingerprint density at radius 3 is 2.24 bits per heavy atom. The maximum absolute atomic E-state index is 14.2. The number of H-pyrrole nitrogens is 1. The fourth-order valence-electron chi connectivity index (χ4n) is 2.40. The van der Waals surface area contributed by atoms with Crippen molar-refractivity contribution in [3.8, 4) is 11.5 Å². The van der Waals surface area contributed by atoms with E-state index >= 15 is 0 Å². The second-order valence-electron chi connectivity index (χ2n) is 6.01. The van der Waals surface area contributed by atoms with Crippen molar-refractivity contribution in [3.63, 3.8) is 0 Å². The van der Waals surface area contributed by atoms with Crippen LogP contribution in [0.2, 0.25) is 0 Å². The fourth-order valence-corrected chi connectivity index (χ4v) is 2.40. The molecule has 3 aromatic rings. The van der Waals surface area contributed by atoms with Crippen LogP contribution in [0.3, 0.4) is 0 Å². The Kier molecular flexibility index (Phi) is 5.98. The first-order valence-corrected chi connectivity index (χ1v) is 8.49. The summed E-state index contributed by atoms with van der Waals surface area (Å²) in [5.41, 5.74) is 6.12. The maximum Gasteiger partial charge on any atom is 0.273 e. The Morgan fingerprint density at radius 1 is 0.931 bits per heavy atom. The molecule has 9 heteroatoms. The number of hydrogen-bond donors (Lipinski definition) is 3. The number of hydrogen-bond acceptors (Lipinski definition) is 4. The van der Waals surface area contributed by atoms with Crippen LogP contribution in [0, 0.1) is 11.6 Å². The number of ether oxygens (including phenoxy) is 1. The summed E-state index contributed by atoms with van der Waals surface area (Å²) in [6.07, 6.45) is 1.06. The van der Waals surface area contributed by atoms with Gasteiger partial charge >= 0.3 is 0 Å². The number of carbonyl (C=O) groups excluding carboxylic acids is 2. The van der Waals surface area contributed by atoms with E-state index in [0.29, 0.717) is 17.3 Å². The minimum absolute atomic E-state index is 0.0531. The summed E-state index contributed by atoms with van der Waals surface area (Å²) in [6, 6.07) is 12.0. The fraction of sp³-hybridized carbons (Fsp3) is 0.0500. The Labute approximate surface area is 164 Å². The number of carbonyl (C=O) groups is 2. The van der Waals surface area contributed by atoms with Gasteiger partial charge in [0, 0.05) is 23.5 Å². The highest BCUT2D eigenvalue weighted by atomic mass is 19.1. The van der Waals surface area contributed by atoms with Crippen LogP contribution >= 0.6 is 0 Å². The number of anilines is 3. The number of aromatic amines is 1. The third-order valence-corrected chi connectivity index (χ3v) is 3.69. The molecule has 0 aliphatic heterocycles. The van der Waals surface area contributed by atoms with E-state index in [4.69, 9.17) is 10.5 Å². The monoisotopic (exact) mass is 399 g/mol. The smallest absolute Gasteiger partial charge is 0.273 e. The normalized spacial score (nSPS) is 10.3. The molecule has 7 nitrogen and oxygen atoms in total. The lowest BCUT2D eigenvalue weighted by Gasteiger charge is -2.09. The molecular weight excluding hydrogens is 382 g/mol. The van der Waals surface area contributed by atoms with Crippen molar-refractivity contribution >= 4 is 29.0 Å². The third kappa shape index (κ3) is 5.73. The Morgan fingerprint density at radius 2 is 1.59 bits per heavy atom. The first kappa shape index (κ1) is 19.7. The quantitative estimate of drug-likeness (QED) is 0.554. The van der Waals surface area contributed by atoms with E-state index in [-0.39, 0.29) is 11.4 Å². The third-order valence-electron chi connectivity index (χ3n) is 3.69. The van der Waals surface area contributed by atoms with Crippen molar-refractivity contribution in [1.29, 1.82) is 0 Å². The van der Waals surface area contributed by atoms with Crippen molar-refractivity contribution in [2.24, 2.45) is 0 Å². The predicted octanol–water partition coefficient (Wildman–Crippen LogP) is 3.12. The molecule has 0 saturated heterocycles. The van der Waals surface area contributed by atoms with E-state index in [2.05, 4.69) is 15.6 Å². The highest BCUT2D eigenvalue weighted by Gasteiger charge is 2.12. The SMILES string of the molecule is Nc1cc(Oc2ccc(NC(=O)CC(=O)Nc3ccc(F)cc3)cc2F)cc[nH+]1. The Bertz CT molecular complexity index is 1040. The van der Waals surface area contributed by atoms with Gasteiger partial charge in [-0.1, -0.05) is 0 Å². The summed E-state index contributed by atoms with van der Waals surface area (Å²) >= 11 is 0. The zero-order chi connectivity index (χ0) is 20.8. The van der Waals surface area contributed by atoms with Gasteiger partial charge in [0.15, 0.2) is 11.6 Å². The predicted molar refractivity (Wildman–Crippen MR) is 102 cm³/mol. The molecule has 1 heterocycles. The highest BCUT2D eigenvalue weighted by molar-refractivity contribution is 6.08. The molecular formula is C20H17F2N4O3+. The van der Waals surface area contributed by atoms with E-state index in [1.807, 2.05) is 0 Å². The molecule has 0 aliphatic carbocycles. The maximum atomic E-state index is 14.2. The summed E-state index contributed by atoms with van der Waals surface area (Å²) in [4.78, 5) is 26.6. The standard InChI is InChI=1S/C20H16F2N4O3/c21-12-1-3-13(4-2-12)25-19(27)11-20(28)26-14-5-6-17(16(22)9-14)29-15-7-8-24-18(23)10-15/h1-10H,11H2,(H2,23,24)(H,25,27)(H,26,28)/p+1. The lowest BCUT2D eigenvalue weighted by molar-refractivity contribution is -0.360. The van der Waals surface area contributed by atoms with Crippen LogP contribution in [-0.2, 0) is 9.59 Å². The number of nitrogens with one attached hydrogen (secondary N) is 3. The lowest BCUT2D eigenvalue weighted by Crippen LogP contribution is -2.21. The van der Waals surface area contributed by atoms with Gasteiger partial charge in [-0.15, -0.1) is 0 Å². The minimum atomic E-state index is -0.704. The molecule has 0 saturated carbocycles. The molecule has 0 spiro atoms. The largest absolute Gasteiger partial charge is 0.454 e. The summed E-state index contributed by atoms with van der Waals surface area (Å²) in [7, 11) is 0. The van der Waals surface area contributed by atoms with Gasteiger partial charge in [0.2, 0.25) is 11.8 Å². The second kappa shape index (κ2) is 8.79. The number of amides is 2. The topological polar surface area (TPSA) is 108 Å². The van der Waals surface area contributed by atoms with Crippen LogP contribution in [0.1, 0.15) is 6.42 Å². The van der Waals surface area contributed by atoms with Gasteiger partial charge in [-0.3, -0.25) is 15.3 Å². The number of aromatic nitrogens is 1. The van der Waals surface area contributed by atoms with Gasteiger partial charge in [0.25, 0.3) is 5.82 Å². The lowest BCUT2D eigenvalue weighted by atomic mass is 10.2. The number of benzene rings is 2. The molecule has 0 bridgehead atoms. The number of rotatable bonds is 6. The van der Waals surface area contributed by atoms with Gasteiger partial charge in [0.1, 0.15) is 18.0 Å². The molecule has 1 aromatic heterocycles. The molecule has 2 aromatic carbocycles. The van der Waals surface area contributed by atoms with Crippen molar-refractivity contribution < 1.29 is 28.1 Å². The number of nitrogens with two attached hydrogens (primary N) is 1. The molecule has 0 unspecified atom stereocenters. The highest BCUT2D eigenvalue weighted by Crippen LogP contribution is 2.26. The minimum Gasteiger partial charge on any atom is -0.454 e. The molecule has 29 heavy (non-hydrogen) atoms. The summed E-state index contributed by atoms with van der Waals surface area (Å²) in [5.74, 6) is -1.73. The molecule has 0 fully saturated rings. The number of pyridine rings is 1. The van der Waals surface area contributed by atoms with Gasteiger partial charge < -0.3 is 15.4 Å². The molecule has 5 N–H and O–H groups in total. The zero-order valence-electron chi connectivity index (χ0n) is 15.0. The first-order valence-electron chi connectivity index (χ1n) is 8.49. The van der Waals surface area contributed by atoms with Crippen LogP contribution in [0.15, 0.2) is 60.8 Å². The molecule has 0 radical (unpaired) electrons. The van der Waals surface area contributed by atoms with Crippen LogP contribution in [0.25, 0.3) is 0 Å². The van der Waals surface area contributed by atoms with Crippen molar-refractivity contribution in [3.05, 3.63) is 72.4 Å². The van der Waals surface area contributed by atoms with Gasteiger partial charge in [-0.05, 0) is 36.4 Å². The summed E-state index contributed by atoms with van der Waals surface area (Å²) in [5, 5.41) is 4.89. The first-order chi connectivity index (χ1) is 13.9. The van der Waals surface area contributed by atoms with E-state index in [1.54, 1.807) is 12.3 Å². The molecule has 2 amide bonds. The van der Waals surface area contributed by atoms with E-state index in [0.717, 1.165) is 6.07 Å². The average Bonchev–Trinajstić information content (AvgIpc) is 2.66. The van der Waals surface area contributed by atoms with Crippen molar-refractivity contribution in [2.75, 3.05) is 16.4 Å². The summed E-state index contributed by atoms with van der Waals surface area (Å²) < 4.78 is 32.5. The van der Waals surface area contributed by atoms with Gasteiger partial charge in [-0.2, -0.15) is 0 Å². The van der Waals surface area contributed by atoms with Crippen LogP contribution in [0.4, 0.5) is 26.0 Å². The number of halogens is 2. The summed E-state index contributed by atoms with van der Waals surface area (Å²) in [6.45, 7) is 0. The Hall–Kier alpha value is -4.01. The van der Waals surface area contributed by atoms with E-state index in [1.165, 1.54) is 42.5 Å². The van der Waals surface area contributed by atoms with Gasteiger partial charge in [-0.25, -0.2) is 13.8 Å². The average molecular weight is 399 g/mol. The van der Waals surface area contributed by atoms with Gasteiger partial charge in [0.05, 0.1) is 12.3 Å². The molecule has 0 aliphatic rings. The van der Waals surface area contributed by atoms with E-state index < -0.39 is 29.9 Å². The van der Waals surface area contributed by atoms with Crippen molar-refractivity contribution in [1.82, 2.24) is 0 Å². The van der Waals surface area contributed by atoms with Crippen LogP contribution in [0.5, 0.6) is 11.5 Å². The zero-order valence-corrected chi connectivity index (χ0v) is 15.0. The molecule has 0 atom stereocenters. The second-order valence-corrected chi connectivity index (χ2v) is 6.01. The Balaban J connectivity index is 1.56. The van der Waals surface area contributed by atoms with Crippen LogP contribution in [-0.4, -0.2) is 11.8 Å².